The second-order valence-corrected chi connectivity index (χ2v) is 4.01. The Morgan fingerprint density at radius 2 is 1.94 bits per heavy atom. The molecule has 0 radical (unpaired) electrons. The lowest BCUT2D eigenvalue weighted by Gasteiger charge is -2.18. The number of carbonyl (C=O) groups excluding carboxylic acids is 1. The Morgan fingerprint density at radius 3 is 2.47 bits per heavy atom. The van der Waals surface area contributed by atoms with Gasteiger partial charge >= 0.3 is 0 Å². The maximum absolute atomic E-state index is 11.4. The Kier molecular flexibility index (Phi) is 5.49. The van der Waals surface area contributed by atoms with Crippen LogP contribution in [-0.2, 0) is 11.3 Å². The van der Waals surface area contributed by atoms with Crippen molar-refractivity contribution in [1.29, 1.82) is 0 Å². The van der Waals surface area contributed by atoms with Gasteiger partial charge in [0.25, 0.3) is 0 Å². The summed E-state index contributed by atoms with van der Waals surface area (Å²) in [7, 11) is 3.84. The first-order valence-electron chi connectivity index (χ1n) is 5.88. The van der Waals surface area contributed by atoms with E-state index in [-0.39, 0.29) is 5.91 Å². The fourth-order valence-corrected chi connectivity index (χ4v) is 1.63. The highest BCUT2D eigenvalue weighted by Crippen LogP contribution is 2.13. The molecule has 0 aliphatic rings. The minimum atomic E-state index is 0.0503. The molecule has 0 unspecified atom stereocenters. The van der Waals surface area contributed by atoms with Crippen LogP contribution >= 0.6 is 0 Å². The second-order valence-electron chi connectivity index (χ2n) is 4.01. The number of rotatable bonds is 6. The van der Waals surface area contributed by atoms with Crippen LogP contribution in [-0.4, -0.2) is 33.1 Å². The summed E-state index contributed by atoms with van der Waals surface area (Å²) in [6, 6.07) is 8.21. The third kappa shape index (κ3) is 4.44. The molecule has 2 N–H and O–H groups in total. The number of nitrogens with zero attached hydrogens (tertiary/aromatic N) is 1. The smallest absolute Gasteiger partial charge is 0.239 e. The minimum Gasteiger partial charge on any atom is -0.365 e. The van der Waals surface area contributed by atoms with Crippen LogP contribution in [0, 0.1) is 0 Å². The molecule has 0 heterocycles. The van der Waals surface area contributed by atoms with Crippen molar-refractivity contribution in [2.45, 2.75) is 13.5 Å². The first-order valence-corrected chi connectivity index (χ1v) is 5.88. The predicted molar refractivity (Wildman–Crippen MR) is 71.2 cm³/mol. The number of amides is 1. The first-order chi connectivity index (χ1) is 8.17. The topological polar surface area (TPSA) is 44.4 Å². The van der Waals surface area contributed by atoms with Gasteiger partial charge in [0, 0.05) is 25.8 Å². The molecular formula is C13H21N3O. The molecular weight excluding hydrogens is 214 g/mol. The normalized spacial score (nSPS) is 10.1. The highest BCUT2D eigenvalue weighted by molar-refractivity contribution is 5.81. The van der Waals surface area contributed by atoms with Gasteiger partial charge in [-0.2, -0.15) is 0 Å². The standard InChI is InChI=1S/C13H21N3O/c1-4-15-13(17)10-16(3)12-7-5-11(6-8-12)9-14-2/h5-8,14H,4,9-10H2,1-3H3,(H,15,17). The molecule has 0 fully saturated rings. The average molecular weight is 235 g/mol. The summed E-state index contributed by atoms with van der Waals surface area (Å²) in [5, 5.41) is 5.89. The van der Waals surface area contributed by atoms with E-state index in [0.717, 1.165) is 12.2 Å². The molecule has 4 nitrogen and oxygen atoms in total. The summed E-state index contributed by atoms with van der Waals surface area (Å²) < 4.78 is 0. The summed E-state index contributed by atoms with van der Waals surface area (Å²) in [5.74, 6) is 0.0503. The number of hydrogen-bond donors (Lipinski definition) is 2. The zero-order valence-corrected chi connectivity index (χ0v) is 10.8. The third-order valence-electron chi connectivity index (χ3n) is 2.51. The number of hydrogen-bond acceptors (Lipinski definition) is 3. The van der Waals surface area contributed by atoms with Crippen molar-refractivity contribution in [3.05, 3.63) is 29.8 Å². The SMILES string of the molecule is CCNC(=O)CN(C)c1ccc(CNC)cc1. The number of carbonyl (C=O) groups is 1. The van der Waals surface area contributed by atoms with Gasteiger partial charge in [0.05, 0.1) is 6.54 Å². The van der Waals surface area contributed by atoms with Crippen LogP contribution in [0.1, 0.15) is 12.5 Å². The van der Waals surface area contributed by atoms with E-state index in [1.54, 1.807) is 0 Å². The number of likely N-dealkylation sites (N-methyl/N-ethyl adjacent to an activating group) is 2. The molecule has 0 saturated heterocycles. The molecule has 1 aromatic carbocycles. The van der Waals surface area contributed by atoms with Crippen LogP contribution in [0.4, 0.5) is 5.69 Å². The number of anilines is 1. The van der Waals surface area contributed by atoms with E-state index in [1.807, 2.05) is 38.1 Å². The summed E-state index contributed by atoms with van der Waals surface area (Å²) in [6.45, 7) is 3.84. The largest absolute Gasteiger partial charge is 0.365 e. The van der Waals surface area contributed by atoms with Crippen molar-refractivity contribution in [2.24, 2.45) is 0 Å². The van der Waals surface area contributed by atoms with Crippen LogP contribution in [0.15, 0.2) is 24.3 Å². The van der Waals surface area contributed by atoms with Crippen LogP contribution in [0.2, 0.25) is 0 Å². The van der Waals surface area contributed by atoms with Gasteiger partial charge in [0.15, 0.2) is 0 Å². The quantitative estimate of drug-likeness (QED) is 0.772. The van der Waals surface area contributed by atoms with Gasteiger partial charge in [-0.1, -0.05) is 12.1 Å². The second kappa shape index (κ2) is 6.91. The molecule has 1 rings (SSSR count). The highest BCUT2D eigenvalue weighted by Gasteiger charge is 2.05. The maximum Gasteiger partial charge on any atom is 0.239 e. The summed E-state index contributed by atoms with van der Waals surface area (Å²) in [4.78, 5) is 13.4. The van der Waals surface area contributed by atoms with Crippen molar-refractivity contribution in [1.82, 2.24) is 10.6 Å². The molecule has 0 spiro atoms. The van der Waals surface area contributed by atoms with Gasteiger partial charge in [-0.25, -0.2) is 0 Å². The van der Waals surface area contributed by atoms with Crippen LogP contribution in [0.5, 0.6) is 0 Å². The molecule has 0 saturated carbocycles. The average Bonchev–Trinajstić information content (AvgIpc) is 2.30. The lowest BCUT2D eigenvalue weighted by Crippen LogP contribution is -2.34. The minimum absolute atomic E-state index is 0.0503. The molecule has 0 aliphatic carbocycles. The lowest BCUT2D eigenvalue weighted by atomic mass is 10.2. The van der Waals surface area contributed by atoms with Gasteiger partial charge in [0.1, 0.15) is 0 Å². The molecule has 94 valence electrons. The Bertz CT molecular complexity index is 348. The Balaban J connectivity index is 2.56. The molecule has 1 amide bonds. The van der Waals surface area contributed by atoms with Gasteiger partial charge in [-0.15, -0.1) is 0 Å². The fourth-order valence-electron chi connectivity index (χ4n) is 1.63. The summed E-state index contributed by atoms with van der Waals surface area (Å²) >= 11 is 0. The predicted octanol–water partition coefficient (Wildman–Crippen LogP) is 0.978. The summed E-state index contributed by atoms with van der Waals surface area (Å²) in [5.41, 5.74) is 2.29. The van der Waals surface area contributed by atoms with Gasteiger partial charge in [0.2, 0.25) is 5.91 Å². The van der Waals surface area contributed by atoms with Crippen molar-refractivity contribution in [3.8, 4) is 0 Å². The van der Waals surface area contributed by atoms with E-state index >= 15 is 0 Å². The van der Waals surface area contributed by atoms with Crippen molar-refractivity contribution in [2.75, 3.05) is 32.1 Å². The van der Waals surface area contributed by atoms with Crippen molar-refractivity contribution < 1.29 is 4.79 Å². The molecule has 4 heteroatoms. The van der Waals surface area contributed by atoms with E-state index in [0.29, 0.717) is 13.1 Å². The third-order valence-corrected chi connectivity index (χ3v) is 2.51. The van der Waals surface area contributed by atoms with E-state index in [2.05, 4.69) is 22.8 Å². The number of benzene rings is 1. The number of nitrogens with one attached hydrogen (secondary N) is 2. The van der Waals surface area contributed by atoms with Gasteiger partial charge in [-0.05, 0) is 31.7 Å². The molecule has 0 aromatic heterocycles. The van der Waals surface area contributed by atoms with Crippen LogP contribution < -0.4 is 15.5 Å². The van der Waals surface area contributed by atoms with Crippen molar-refractivity contribution in [3.63, 3.8) is 0 Å². The molecule has 1 aromatic rings. The van der Waals surface area contributed by atoms with E-state index in [4.69, 9.17) is 0 Å². The fraction of sp³-hybridized carbons (Fsp3) is 0.462. The zero-order chi connectivity index (χ0) is 12.7. The van der Waals surface area contributed by atoms with Crippen LogP contribution in [0.25, 0.3) is 0 Å². The Morgan fingerprint density at radius 1 is 1.29 bits per heavy atom. The van der Waals surface area contributed by atoms with E-state index in [1.165, 1.54) is 5.56 Å². The Hall–Kier alpha value is -1.55. The molecule has 17 heavy (non-hydrogen) atoms. The van der Waals surface area contributed by atoms with E-state index < -0.39 is 0 Å². The lowest BCUT2D eigenvalue weighted by molar-refractivity contribution is -0.119. The van der Waals surface area contributed by atoms with E-state index in [9.17, 15) is 4.79 Å². The molecule has 0 bridgehead atoms. The monoisotopic (exact) mass is 235 g/mol. The molecule has 0 atom stereocenters. The highest BCUT2D eigenvalue weighted by atomic mass is 16.1. The van der Waals surface area contributed by atoms with Crippen molar-refractivity contribution >= 4 is 11.6 Å². The van der Waals surface area contributed by atoms with Gasteiger partial charge in [-0.3, -0.25) is 4.79 Å². The Labute approximate surface area is 103 Å². The van der Waals surface area contributed by atoms with Gasteiger partial charge < -0.3 is 15.5 Å². The zero-order valence-electron chi connectivity index (χ0n) is 10.8. The molecule has 0 aliphatic heterocycles. The van der Waals surface area contributed by atoms with Crippen LogP contribution in [0.3, 0.4) is 0 Å². The first kappa shape index (κ1) is 13.5. The summed E-state index contributed by atoms with van der Waals surface area (Å²) in [6.07, 6.45) is 0. The maximum atomic E-state index is 11.4.